The van der Waals surface area contributed by atoms with Crippen LogP contribution in [0.15, 0.2) is 66.7 Å². The van der Waals surface area contributed by atoms with Crippen LogP contribution in [0.5, 0.6) is 0 Å². The first-order chi connectivity index (χ1) is 14.7. The number of hydrogen-bond donors (Lipinski definition) is 2. The summed E-state index contributed by atoms with van der Waals surface area (Å²) in [5.41, 5.74) is 5.37. The Kier molecular flexibility index (Phi) is 5.78. The highest BCUT2D eigenvalue weighted by atomic mass is 19.1. The third-order valence-electron chi connectivity index (χ3n) is 5.10. The molecule has 2 N–H and O–H groups in total. The van der Waals surface area contributed by atoms with Crippen molar-refractivity contribution in [3.05, 3.63) is 94.8 Å². The molecule has 0 saturated heterocycles. The Balaban J connectivity index is 1.35. The largest absolute Gasteiger partial charge is 0.449 e. The van der Waals surface area contributed by atoms with Gasteiger partial charge in [0.15, 0.2) is 0 Å². The number of alkyl carbamates (subject to hydrolysis) is 1. The molecule has 0 saturated carbocycles. The molecule has 1 aliphatic rings. The highest BCUT2D eigenvalue weighted by Crippen LogP contribution is 2.44. The number of rotatable bonds is 4. The molecule has 0 aliphatic heterocycles. The minimum atomic E-state index is -0.573. The van der Waals surface area contributed by atoms with Gasteiger partial charge >= 0.3 is 6.09 Å². The first-order valence-electron chi connectivity index (χ1n) is 9.64. The molecule has 0 bridgehead atoms. The van der Waals surface area contributed by atoms with Gasteiger partial charge < -0.3 is 15.2 Å². The lowest BCUT2D eigenvalue weighted by Gasteiger charge is -2.14. The number of halogens is 1. The van der Waals surface area contributed by atoms with E-state index >= 15 is 0 Å². The van der Waals surface area contributed by atoms with E-state index in [4.69, 9.17) is 9.84 Å². The average Bonchev–Trinajstić information content (AvgIpc) is 3.10. The number of hydrogen-bond acceptors (Lipinski definition) is 3. The van der Waals surface area contributed by atoms with E-state index in [9.17, 15) is 9.18 Å². The van der Waals surface area contributed by atoms with Crippen LogP contribution in [0, 0.1) is 17.7 Å². The van der Waals surface area contributed by atoms with Gasteiger partial charge in [-0.05, 0) is 39.9 Å². The summed E-state index contributed by atoms with van der Waals surface area (Å²) in [4.78, 5) is 12.1. The van der Waals surface area contributed by atoms with Crippen LogP contribution >= 0.6 is 0 Å². The van der Waals surface area contributed by atoms with Crippen LogP contribution in [0.4, 0.5) is 9.18 Å². The topological polar surface area (TPSA) is 58.6 Å². The fourth-order valence-corrected chi connectivity index (χ4v) is 3.67. The molecule has 3 aromatic carbocycles. The highest BCUT2D eigenvalue weighted by Gasteiger charge is 2.28. The Bertz CT molecular complexity index is 1100. The molecule has 0 spiro atoms. The second-order valence-electron chi connectivity index (χ2n) is 6.95. The van der Waals surface area contributed by atoms with Crippen molar-refractivity contribution in [2.75, 3.05) is 13.2 Å². The molecule has 0 atom stereocenters. The summed E-state index contributed by atoms with van der Waals surface area (Å²) >= 11 is 0. The van der Waals surface area contributed by atoms with Crippen LogP contribution < -0.4 is 5.32 Å². The lowest BCUT2D eigenvalue weighted by Crippen LogP contribution is -2.26. The zero-order valence-corrected chi connectivity index (χ0v) is 16.2. The fraction of sp³-hybridized carbons (Fsp3) is 0.160. The third-order valence-corrected chi connectivity index (χ3v) is 5.10. The molecule has 1 aliphatic carbocycles. The maximum atomic E-state index is 13.7. The van der Waals surface area contributed by atoms with Crippen molar-refractivity contribution < 1.29 is 19.0 Å². The minimum Gasteiger partial charge on any atom is -0.449 e. The van der Waals surface area contributed by atoms with Crippen molar-refractivity contribution in [3.63, 3.8) is 0 Å². The Labute approximate surface area is 174 Å². The molecular formula is C25H20FNO3. The van der Waals surface area contributed by atoms with Crippen molar-refractivity contribution in [1.82, 2.24) is 5.32 Å². The molecule has 0 heterocycles. The first kappa shape index (κ1) is 19.7. The normalized spacial score (nSPS) is 11.8. The van der Waals surface area contributed by atoms with E-state index in [-0.39, 0.29) is 31.2 Å². The van der Waals surface area contributed by atoms with Gasteiger partial charge in [0.05, 0.1) is 18.7 Å². The zero-order chi connectivity index (χ0) is 20.9. The van der Waals surface area contributed by atoms with Crippen LogP contribution in [0.25, 0.3) is 11.1 Å². The quantitative estimate of drug-likeness (QED) is 0.644. The van der Waals surface area contributed by atoms with Crippen LogP contribution in [0.1, 0.15) is 28.2 Å². The summed E-state index contributed by atoms with van der Waals surface area (Å²) in [6, 6.07) is 20.5. The van der Waals surface area contributed by atoms with Crippen molar-refractivity contribution in [1.29, 1.82) is 0 Å². The third kappa shape index (κ3) is 4.05. The summed E-state index contributed by atoms with van der Waals surface area (Å²) in [7, 11) is 0. The number of carbonyl (C=O) groups is 1. The Morgan fingerprint density at radius 3 is 2.37 bits per heavy atom. The van der Waals surface area contributed by atoms with Gasteiger partial charge in [-0.3, -0.25) is 0 Å². The molecule has 0 fully saturated rings. The number of aliphatic hydroxyl groups is 1. The predicted molar refractivity (Wildman–Crippen MR) is 112 cm³/mol. The van der Waals surface area contributed by atoms with Gasteiger partial charge in [0, 0.05) is 5.92 Å². The summed E-state index contributed by atoms with van der Waals surface area (Å²) in [5.74, 6) is 4.88. The summed E-state index contributed by atoms with van der Waals surface area (Å²) < 4.78 is 19.2. The monoisotopic (exact) mass is 401 g/mol. The molecule has 150 valence electrons. The molecule has 3 aromatic rings. The standard InChI is InChI=1S/C25H20FNO3/c26-24-12-11-17(15-28)14-18(24)6-5-13-27-25(29)30-16-23-21-9-3-1-7-19(21)20-8-2-4-10-22(20)23/h1-4,7-12,14,23,28H,13,15-16H2,(H,27,29). The van der Waals surface area contributed by atoms with Gasteiger partial charge in [-0.15, -0.1) is 0 Å². The summed E-state index contributed by atoms with van der Waals surface area (Å²) in [6.07, 6.45) is -0.573. The van der Waals surface area contributed by atoms with E-state index in [1.54, 1.807) is 0 Å². The molecular weight excluding hydrogens is 381 g/mol. The number of benzene rings is 3. The number of nitrogens with one attached hydrogen (secondary N) is 1. The smallest absolute Gasteiger partial charge is 0.407 e. The summed E-state index contributed by atoms with van der Waals surface area (Å²) in [5, 5.41) is 11.7. The van der Waals surface area contributed by atoms with Gasteiger partial charge in [0.25, 0.3) is 0 Å². The fourth-order valence-electron chi connectivity index (χ4n) is 3.67. The van der Waals surface area contributed by atoms with E-state index in [1.807, 2.05) is 24.3 Å². The molecule has 4 rings (SSSR count). The highest BCUT2D eigenvalue weighted by molar-refractivity contribution is 5.79. The number of carbonyl (C=O) groups excluding carboxylic acids is 1. The number of fused-ring (bicyclic) bond motifs is 3. The Hall–Kier alpha value is -3.62. The Morgan fingerprint density at radius 1 is 1.03 bits per heavy atom. The second kappa shape index (κ2) is 8.81. The lowest BCUT2D eigenvalue weighted by molar-refractivity contribution is 0.144. The van der Waals surface area contributed by atoms with E-state index in [0.717, 1.165) is 11.1 Å². The van der Waals surface area contributed by atoms with Crippen LogP contribution in [-0.4, -0.2) is 24.4 Å². The van der Waals surface area contributed by atoms with Gasteiger partial charge in [0.1, 0.15) is 12.4 Å². The lowest BCUT2D eigenvalue weighted by atomic mass is 9.98. The van der Waals surface area contributed by atoms with Crippen molar-refractivity contribution in [2.45, 2.75) is 12.5 Å². The molecule has 4 nitrogen and oxygen atoms in total. The predicted octanol–water partition coefficient (Wildman–Crippen LogP) is 4.21. The van der Waals surface area contributed by atoms with Crippen molar-refractivity contribution in [2.24, 2.45) is 0 Å². The Morgan fingerprint density at radius 2 is 1.70 bits per heavy atom. The van der Waals surface area contributed by atoms with Crippen LogP contribution in [-0.2, 0) is 11.3 Å². The molecule has 0 aromatic heterocycles. The van der Waals surface area contributed by atoms with Gasteiger partial charge in [-0.2, -0.15) is 0 Å². The molecule has 0 radical (unpaired) electrons. The van der Waals surface area contributed by atoms with E-state index in [1.165, 1.54) is 29.3 Å². The summed E-state index contributed by atoms with van der Waals surface area (Å²) in [6.45, 7) is 0.0624. The average molecular weight is 401 g/mol. The van der Waals surface area contributed by atoms with Crippen molar-refractivity contribution in [3.8, 4) is 23.0 Å². The maximum Gasteiger partial charge on any atom is 0.407 e. The number of amides is 1. The minimum absolute atomic E-state index is 0.00967. The van der Waals surface area contributed by atoms with Crippen LogP contribution in [0.3, 0.4) is 0 Å². The van der Waals surface area contributed by atoms with E-state index in [0.29, 0.717) is 5.56 Å². The SMILES string of the molecule is O=C(NCC#Cc1cc(CO)ccc1F)OCC1c2ccccc2-c2ccccc21. The molecule has 1 amide bonds. The zero-order valence-electron chi connectivity index (χ0n) is 16.2. The van der Waals surface area contributed by atoms with Gasteiger partial charge in [0.2, 0.25) is 0 Å². The van der Waals surface area contributed by atoms with Crippen molar-refractivity contribution >= 4 is 6.09 Å². The molecule has 30 heavy (non-hydrogen) atoms. The van der Waals surface area contributed by atoms with Gasteiger partial charge in [-0.25, -0.2) is 9.18 Å². The van der Waals surface area contributed by atoms with Crippen LogP contribution in [0.2, 0.25) is 0 Å². The van der Waals surface area contributed by atoms with E-state index in [2.05, 4.69) is 41.4 Å². The maximum absolute atomic E-state index is 13.7. The molecule has 0 unspecified atom stereocenters. The first-order valence-corrected chi connectivity index (χ1v) is 9.64. The second-order valence-corrected chi connectivity index (χ2v) is 6.95. The van der Waals surface area contributed by atoms with E-state index < -0.39 is 11.9 Å². The molecule has 5 heteroatoms. The number of ether oxygens (including phenoxy) is 1. The number of aliphatic hydroxyl groups excluding tert-OH is 1. The van der Waals surface area contributed by atoms with Gasteiger partial charge in [-0.1, -0.05) is 66.4 Å².